The Morgan fingerprint density at radius 2 is 1.94 bits per heavy atom. The van der Waals surface area contributed by atoms with E-state index < -0.39 is 5.97 Å². The summed E-state index contributed by atoms with van der Waals surface area (Å²) in [7, 11) is 0. The quantitative estimate of drug-likeness (QED) is 0.451. The normalized spacial score (nSPS) is 8.61. The van der Waals surface area contributed by atoms with Gasteiger partial charge in [0.2, 0.25) is 0 Å². The molecular formula is C16H16O2. The highest BCUT2D eigenvalue weighted by molar-refractivity contribution is 5.89. The minimum absolute atomic E-state index is 0.201. The van der Waals surface area contributed by atoms with Crippen LogP contribution in [0.25, 0.3) is 0 Å². The van der Waals surface area contributed by atoms with E-state index in [0.29, 0.717) is 0 Å². The lowest BCUT2D eigenvalue weighted by molar-refractivity contribution is -0.135. The highest BCUT2D eigenvalue weighted by atomic mass is 16.5. The van der Waals surface area contributed by atoms with Gasteiger partial charge < -0.3 is 4.74 Å². The van der Waals surface area contributed by atoms with Gasteiger partial charge in [-0.2, -0.15) is 0 Å². The molecule has 1 aromatic carbocycles. The average Bonchev–Trinajstić information content (AvgIpc) is 2.34. The Kier molecular flexibility index (Phi) is 5.51. The molecule has 0 saturated heterocycles. The molecule has 1 aromatic rings. The maximum atomic E-state index is 11.3. The summed E-state index contributed by atoms with van der Waals surface area (Å²) >= 11 is 0. The van der Waals surface area contributed by atoms with Gasteiger partial charge in [0.05, 0.1) is 0 Å². The first-order chi connectivity index (χ1) is 8.58. The number of hydrogen-bond acceptors (Lipinski definition) is 2. The lowest BCUT2D eigenvalue weighted by Gasteiger charge is -1.93. The van der Waals surface area contributed by atoms with Gasteiger partial charge in [0.15, 0.2) is 0 Å². The molecule has 0 aliphatic rings. The van der Waals surface area contributed by atoms with Crippen molar-refractivity contribution in [3.05, 3.63) is 52.8 Å². The van der Waals surface area contributed by atoms with Crippen molar-refractivity contribution in [2.24, 2.45) is 0 Å². The predicted octanol–water partition coefficient (Wildman–Crippen LogP) is 3.01. The summed E-state index contributed by atoms with van der Waals surface area (Å²) < 4.78 is 4.89. The summed E-state index contributed by atoms with van der Waals surface area (Å²) in [5.74, 6) is 4.67. The molecule has 1 rings (SSSR count). The summed E-state index contributed by atoms with van der Waals surface area (Å²) in [6.07, 6.45) is 1.67. The van der Waals surface area contributed by atoms with Crippen LogP contribution in [0.15, 0.2) is 41.6 Å². The summed E-state index contributed by atoms with van der Waals surface area (Å²) in [5.41, 5.74) is 5.95. The zero-order chi connectivity index (χ0) is 13.4. The van der Waals surface area contributed by atoms with E-state index in [9.17, 15) is 4.79 Å². The van der Waals surface area contributed by atoms with Gasteiger partial charge in [-0.05, 0) is 44.6 Å². The highest BCUT2D eigenvalue weighted by Gasteiger charge is 1.93. The number of esters is 1. The van der Waals surface area contributed by atoms with Crippen molar-refractivity contribution in [1.82, 2.24) is 0 Å². The van der Waals surface area contributed by atoms with Crippen molar-refractivity contribution >= 4 is 5.97 Å². The van der Waals surface area contributed by atoms with Gasteiger partial charge in [0.1, 0.15) is 6.61 Å². The second-order valence-corrected chi connectivity index (χ2v) is 4.06. The van der Waals surface area contributed by atoms with Crippen LogP contribution < -0.4 is 0 Å². The van der Waals surface area contributed by atoms with Crippen molar-refractivity contribution in [2.75, 3.05) is 6.61 Å². The van der Waals surface area contributed by atoms with Gasteiger partial charge in [-0.1, -0.05) is 23.6 Å². The molecule has 0 fully saturated rings. The second kappa shape index (κ2) is 7.17. The molecule has 0 amide bonds. The topological polar surface area (TPSA) is 26.3 Å². The summed E-state index contributed by atoms with van der Waals surface area (Å²) in [6, 6.07) is 7.65. The van der Waals surface area contributed by atoms with Gasteiger partial charge in [-0.25, -0.2) is 4.79 Å². The molecule has 92 valence electrons. The summed E-state index contributed by atoms with van der Waals surface area (Å²) in [6.45, 7) is 6.05. The van der Waals surface area contributed by atoms with E-state index in [2.05, 4.69) is 17.6 Å². The Hall–Kier alpha value is -2.23. The number of benzene rings is 1. The van der Waals surface area contributed by atoms with E-state index in [4.69, 9.17) is 4.74 Å². The first-order valence-electron chi connectivity index (χ1n) is 5.72. The van der Waals surface area contributed by atoms with E-state index in [-0.39, 0.29) is 6.61 Å². The van der Waals surface area contributed by atoms with Crippen LogP contribution in [0.4, 0.5) is 0 Å². The molecule has 0 heterocycles. The van der Waals surface area contributed by atoms with Gasteiger partial charge in [-0.3, -0.25) is 0 Å². The third kappa shape index (κ3) is 5.75. The average molecular weight is 240 g/mol. The second-order valence-electron chi connectivity index (χ2n) is 4.06. The first kappa shape index (κ1) is 13.8. The minimum Gasteiger partial charge on any atom is -0.451 e. The van der Waals surface area contributed by atoms with Gasteiger partial charge in [0.25, 0.3) is 0 Å². The molecule has 0 unspecified atom stereocenters. The van der Waals surface area contributed by atoms with Crippen LogP contribution in [0, 0.1) is 18.8 Å². The number of rotatable bonds is 2. The third-order valence-electron chi connectivity index (χ3n) is 2.05. The molecule has 0 aliphatic carbocycles. The molecular weight excluding hydrogens is 224 g/mol. The highest BCUT2D eigenvalue weighted by Crippen LogP contribution is 2.00. The molecule has 0 spiro atoms. The number of carbonyl (C=O) groups excluding carboxylic acids is 1. The van der Waals surface area contributed by atoms with Crippen molar-refractivity contribution in [3.8, 4) is 11.8 Å². The molecule has 0 saturated carbocycles. The van der Waals surface area contributed by atoms with E-state index in [1.54, 1.807) is 6.08 Å². The number of carbonyl (C=O) groups is 1. The fourth-order valence-corrected chi connectivity index (χ4v) is 1.16. The molecule has 0 bridgehead atoms. The van der Waals surface area contributed by atoms with E-state index >= 15 is 0 Å². The third-order valence-corrected chi connectivity index (χ3v) is 2.05. The van der Waals surface area contributed by atoms with Gasteiger partial charge >= 0.3 is 5.97 Å². The van der Waals surface area contributed by atoms with Crippen LogP contribution in [0.3, 0.4) is 0 Å². The fourth-order valence-electron chi connectivity index (χ4n) is 1.16. The zero-order valence-corrected chi connectivity index (χ0v) is 10.9. The van der Waals surface area contributed by atoms with E-state index in [1.807, 2.05) is 45.0 Å². The Balaban J connectivity index is 2.51. The summed E-state index contributed by atoms with van der Waals surface area (Å²) in [4.78, 5) is 11.3. The molecule has 0 aliphatic heterocycles. The van der Waals surface area contributed by atoms with Crippen LogP contribution in [0.5, 0.6) is 0 Å². The monoisotopic (exact) mass is 240 g/mol. The van der Waals surface area contributed by atoms with Gasteiger partial charge in [0, 0.05) is 11.5 Å². The molecule has 0 radical (unpaired) electrons. The van der Waals surface area contributed by atoms with Crippen LogP contribution in [0.2, 0.25) is 0 Å². The number of hydrogen-bond donors (Lipinski definition) is 0. The number of aryl methyl sites for hydroxylation is 1. The van der Waals surface area contributed by atoms with Crippen LogP contribution in [-0.2, 0) is 9.53 Å². The standard InChI is InChI=1S/C16H16O2/c1-13(2)5-4-12-18-16(17)11-10-15-8-6-14(3)7-9-15/h4,6-9H,12H2,1-3H3. The zero-order valence-electron chi connectivity index (χ0n) is 10.9. The van der Waals surface area contributed by atoms with E-state index in [0.717, 1.165) is 16.7 Å². The maximum Gasteiger partial charge on any atom is 0.385 e. The largest absolute Gasteiger partial charge is 0.451 e. The SMILES string of the molecule is CC(C)=C=CCOC(=O)C#Cc1ccc(C)cc1. The van der Waals surface area contributed by atoms with E-state index in [1.165, 1.54) is 0 Å². The fraction of sp³-hybridized carbons (Fsp3) is 0.250. The lowest BCUT2D eigenvalue weighted by atomic mass is 10.2. The Labute approximate surface area is 108 Å². The first-order valence-corrected chi connectivity index (χ1v) is 5.72. The molecule has 18 heavy (non-hydrogen) atoms. The smallest absolute Gasteiger partial charge is 0.385 e. The maximum absolute atomic E-state index is 11.3. The predicted molar refractivity (Wildman–Crippen MR) is 72.0 cm³/mol. The lowest BCUT2D eigenvalue weighted by Crippen LogP contribution is -2.00. The van der Waals surface area contributed by atoms with Gasteiger partial charge in [-0.15, -0.1) is 5.73 Å². The number of ether oxygens (including phenoxy) is 1. The molecule has 0 aromatic heterocycles. The molecule has 2 nitrogen and oxygen atoms in total. The van der Waals surface area contributed by atoms with Crippen LogP contribution in [-0.4, -0.2) is 12.6 Å². The molecule has 0 N–H and O–H groups in total. The van der Waals surface area contributed by atoms with Crippen molar-refractivity contribution in [2.45, 2.75) is 20.8 Å². The Bertz CT molecular complexity index is 529. The van der Waals surface area contributed by atoms with Crippen molar-refractivity contribution < 1.29 is 9.53 Å². The Morgan fingerprint density at radius 1 is 1.28 bits per heavy atom. The molecule has 2 heteroatoms. The Morgan fingerprint density at radius 3 is 2.56 bits per heavy atom. The van der Waals surface area contributed by atoms with Crippen LogP contribution >= 0.6 is 0 Å². The van der Waals surface area contributed by atoms with Crippen molar-refractivity contribution in [1.29, 1.82) is 0 Å². The van der Waals surface area contributed by atoms with Crippen LogP contribution in [0.1, 0.15) is 25.0 Å². The van der Waals surface area contributed by atoms with Crippen molar-refractivity contribution in [3.63, 3.8) is 0 Å². The minimum atomic E-state index is -0.526. The summed E-state index contributed by atoms with van der Waals surface area (Å²) in [5, 5.41) is 0. The molecule has 0 atom stereocenters.